The molecule has 0 saturated heterocycles. The van der Waals surface area contributed by atoms with Crippen molar-refractivity contribution in [3.8, 4) is 11.1 Å². The molecule has 0 spiro atoms. The monoisotopic (exact) mass is 247 g/mol. The number of carboxylic acids is 1. The molecule has 0 unspecified atom stereocenters. The molecule has 0 saturated carbocycles. The molecule has 0 bridgehead atoms. The first-order valence-electron chi connectivity index (χ1n) is 5.05. The molecular weight excluding hydrogens is 238 g/mol. The van der Waals surface area contributed by atoms with Crippen molar-refractivity contribution < 1.29 is 9.90 Å². The van der Waals surface area contributed by atoms with E-state index in [0.717, 1.165) is 16.8 Å². The summed E-state index contributed by atoms with van der Waals surface area (Å²) < 4.78 is 0. The smallest absolute Gasteiger partial charge is 0.335 e. The number of nitrogens with zero attached hydrogens (tertiary/aromatic N) is 1. The Labute approximate surface area is 104 Å². The fourth-order valence-electron chi connectivity index (χ4n) is 1.63. The number of hydrogen-bond acceptors (Lipinski definition) is 2. The maximum atomic E-state index is 10.7. The highest BCUT2D eigenvalue weighted by Gasteiger charge is 2.06. The van der Waals surface area contributed by atoms with Crippen LogP contribution in [0.5, 0.6) is 0 Å². The molecule has 1 heterocycles. The number of hydrogen-bond donors (Lipinski definition) is 1. The van der Waals surface area contributed by atoms with Gasteiger partial charge in [0.15, 0.2) is 0 Å². The van der Waals surface area contributed by atoms with Gasteiger partial charge in [0.2, 0.25) is 0 Å². The van der Waals surface area contributed by atoms with Crippen LogP contribution in [0.1, 0.15) is 16.1 Å². The van der Waals surface area contributed by atoms with Crippen molar-refractivity contribution in [2.45, 2.75) is 6.92 Å². The zero-order valence-corrected chi connectivity index (χ0v) is 9.90. The van der Waals surface area contributed by atoms with Crippen LogP contribution in [0.25, 0.3) is 11.1 Å². The third kappa shape index (κ3) is 2.45. The summed E-state index contributed by atoms with van der Waals surface area (Å²) in [5.74, 6) is -0.928. The van der Waals surface area contributed by atoms with Crippen LogP contribution in [0.3, 0.4) is 0 Å². The molecule has 0 radical (unpaired) electrons. The quantitative estimate of drug-likeness (QED) is 0.828. The standard InChI is InChI=1S/C13H10ClNO2/c1-8-11(6-7-12(14)15-8)9-2-4-10(5-3-9)13(16)17/h2-7H,1H3,(H,16,17). The number of rotatable bonds is 2. The van der Waals surface area contributed by atoms with Gasteiger partial charge in [-0.1, -0.05) is 23.7 Å². The van der Waals surface area contributed by atoms with Crippen LogP contribution in [0, 0.1) is 6.92 Å². The van der Waals surface area contributed by atoms with Gasteiger partial charge in [0.1, 0.15) is 5.15 Å². The topological polar surface area (TPSA) is 50.2 Å². The Balaban J connectivity index is 2.43. The number of aromatic nitrogens is 1. The third-order valence-electron chi connectivity index (χ3n) is 2.49. The summed E-state index contributed by atoms with van der Waals surface area (Å²) in [6, 6.07) is 10.3. The van der Waals surface area contributed by atoms with Crippen molar-refractivity contribution in [1.82, 2.24) is 4.98 Å². The lowest BCUT2D eigenvalue weighted by Crippen LogP contribution is -1.95. The van der Waals surface area contributed by atoms with Gasteiger partial charge in [-0.2, -0.15) is 0 Å². The summed E-state index contributed by atoms with van der Waals surface area (Å²) in [6.07, 6.45) is 0. The van der Waals surface area contributed by atoms with E-state index in [1.807, 2.05) is 13.0 Å². The Morgan fingerprint density at radius 2 is 1.82 bits per heavy atom. The Hall–Kier alpha value is -1.87. The van der Waals surface area contributed by atoms with Crippen molar-refractivity contribution in [1.29, 1.82) is 0 Å². The first kappa shape index (κ1) is 11.6. The van der Waals surface area contributed by atoms with Gasteiger partial charge in [-0.05, 0) is 36.8 Å². The number of carbonyl (C=O) groups is 1. The molecule has 0 atom stereocenters. The first-order valence-corrected chi connectivity index (χ1v) is 5.42. The second-order valence-corrected chi connectivity index (χ2v) is 4.04. The highest BCUT2D eigenvalue weighted by Crippen LogP contribution is 2.23. The molecule has 0 fully saturated rings. The van der Waals surface area contributed by atoms with E-state index in [1.165, 1.54) is 0 Å². The molecule has 3 nitrogen and oxygen atoms in total. The number of halogens is 1. The van der Waals surface area contributed by atoms with Crippen molar-refractivity contribution in [2.75, 3.05) is 0 Å². The van der Waals surface area contributed by atoms with E-state index >= 15 is 0 Å². The van der Waals surface area contributed by atoms with Gasteiger partial charge in [0.05, 0.1) is 5.56 Å². The zero-order valence-electron chi connectivity index (χ0n) is 9.14. The highest BCUT2D eigenvalue weighted by atomic mass is 35.5. The summed E-state index contributed by atoms with van der Waals surface area (Å²) in [5, 5.41) is 9.26. The summed E-state index contributed by atoms with van der Waals surface area (Å²) in [4.78, 5) is 14.9. The number of aryl methyl sites for hydroxylation is 1. The fraction of sp³-hybridized carbons (Fsp3) is 0.0769. The minimum atomic E-state index is -0.928. The maximum Gasteiger partial charge on any atom is 0.335 e. The Bertz CT molecular complexity index is 564. The number of benzene rings is 1. The molecule has 0 aliphatic carbocycles. The minimum Gasteiger partial charge on any atom is -0.478 e. The lowest BCUT2D eigenvalue weighted by atomic mass is 10.0. The molecule has 1 aromatic carbocycles. The molecule has 1 aromatic heterocycles. The predicted octanol–water partition coefficient (Wildman–Crippen LogP) is 3.41. The van der Waals surface area contributed by atoms with Gasteiger partial charge in [-0.3, -0.25) is 0 Å². The summed E-state index contributed by atoms with van der Waals surface area (Å²) >= 11 is 5.78. The van der Waals surface area contributed by atoms with E-state index in [9.17, 15) is 4.79 Å². The van der Waals surface area contributed by atoms with Gasteiger partial charge >= 0.3 is 5.97 Å². The van der Waals surface area contributed by atoms with Gasteiger partial charge in [0, 0.05) is 11.3 Å². The van der Waals surface area contributed by atoms with Crippen LogP contribution in [-0.4, -0.2) is 16.1 Å². The van der Waals surface area contributed by atoms with E-state index in [-0.39, 0.29) is 5.56 Å². The van der Waals surface area contributed by atoms with E-state index < -0.39 is 5.97 Å². The van der Waals surface area contributed by atoms with Gasteiger partial charge in [0.25, 0.3) is 0 Å². The second-order valence-electron chi connectivity index (χ2n) is 3.65. The van der Waals surface area contributed by atoms with Gasteiger partial charge < -0.3 is 5.11 Å². The molecule has 86 valence electrons. The molecule has 0 aliphatic heterocycles. The van der Waals surface area contributed by atoms with Crippen molar-refractivity contribution in [2.24, 2.45) is 0 Å². The summed E-state index contributed by atoms with van der Waals surface area (Å²) in [7, 11) is 0. The maximum absolute atomic E-state index is 10.7. The molecule has 1 N–H and O–H groups in total. The Kier molecular flexibility index (Phi) is 3.11. The molecule has 0 amide bonds. The Morgan fingerprint density at radius 1 is 1.18 bits per heavy atom. The van der Waals surface area contributed by atoms with Crippen molar-refractivity contribution in [3.05, 3.63) is 52.8 Å². The highest BCUT2D eigenvalue weighted by molar-refractivity contribution is 6.29. The van der Waals surface area contributed by atoms with Crippen LogP contribution in [0.4, 0.5) is 0 Å². The number of pyridine rings is 1. The second kappa shape index (κ2) is 4.55. The van der Waals surface area contributed by atoms with Crippen molar-refractivity contribution in [3.63, 3.8) is 0 Å². The van der Waals surface area contributed by atoms with Crippen LogP contribution >= 0.6 is 11.6 Å². The lowest BCUT2D eigenvalue weighted by Gasteiger charge is -2.05. The normalized spacial score (nSPS) is 10.2. The van der Waals surface area contributed by atoms with Gasteiger partial charge in [-0.15, -0.1) is 0 Å². The molecule has 4 heteroatoms. The third-order valence-corrected chi connectivity index (χ3v) is 2.71. The zero-order chi connectivity index (χ0) is 12.4. The lowest BCUT2D eigenvalue weighted by molar-refractivity contribution is 0.0697. The number of carboxylic acid groups (broad SMARTS) is 1. The molecule has 17 heavy (non-hydrogen) atoms. The largest absolute Gasteiger partial charge is 0.478 e. The first-order chi connectivity index (χ1) is 8.08. The van der Waals surface area contributed by atoms with E-state index in [0.29, 0.717) is 5.15 Å². The molecular formula is C13H10ClNO2. The molecule has 2 aromatic rings. The number of aromatic carboxylic acids is 1. The molecule has 0 aliphatic rings. The van der Waals surface area contributed by atoms with Crippen LogP contribution < -0.4 is 0 Å². The van der Waals surface area contributed by atoms with E-state index in [2.05, 4.69) is 4.98 Å². The SMILES string of the molecule is Cc1nc(Cl)ccc1-c1ccc(C(=O)O)cc1. The molecule has 2 rings (SSSR count). The van der Waals surface area contributed by atoms with Gasteiger partial charge in [-0.25, -0.2) is 9.78 Å². The average Bonchev–Trinajstić information content (AvgIpc) is 2.29. The Morgan fingerprint density at radius 3 is 2.35 bits per heavy atom. The predicted molar refractivity (Wildman–Crippen MR) is 66.4 cm³/mol. The van der Waals surface area contributed by atoms with E-state index in [4.69, 9.17) is 16.7 Å². The van der Waals surface area contributed by atoms with E-state index in [1.54, 1.807) is 30.3 Å². The summed E-state index contributed by atoms with van der Waals surface area (Å²) in [6.45, 7) is 1.87. The fourth-order valence-corrected chi connectivity index (χ4v) is 1.82. The van der Waals surface area contributed by atoms with Crippen LogP contribution in [-0.2, 0) is 0 Å². The average molecular weight is 248 g/mol. The summed E-state index contributed by atoms with van der Waals surface area (Å²) in [5.41, 5.74) is 2.97. The van der Waals surface area contributed by atoms with Crippen molar-refractivity contribution >= 4 is 17.6 Å². The van der Waals surface area contributed by atoms with Crippen LogP contribution in [0.2, 0.25) is 5.15 Å². The minimum absolute atomic E-state index is 0.272. The van der Waals surface area contributed by atoms with Crippen LogP contribution in [0.15, 0.2) is 36.4 Å².